The fraction of sp³-hybridized carbons (Fsp3) is 0.667. The number of aryl methyl sites for hydroxylation is 2. The van der Waals surface area contributed by atoms with Gasteiger partial charge in [-0.2, -0.15) is 5.10 Å². The number of anilines is 2. The second-order valence-corrected chi connectivity index (χ2v) is 4.97. The number of carbonyl (C=O) groups is 1. The molecular weight excluding hydrogens is 216 g/mol. The molecule has 1 saturated carbocycles. The Morgan fingerprint density at radius 1 is 1.47 bits per heavy atom. The minimum atomic E-state index is 0.0805. The lowest BCUT2D eigenvalue weighted by atomic mass is 10.2. The van der Waals surface area contributed by atoms with Gasteiger partial charge in [-0.25, -0.2) is 4.68 Å². The summed E-state index contributed by atoms with van der Waals surface area (Å²) in [6.45, 7) is 6.33. The molecule has 0 aromatic carbocycles. The fourth-order valence-corrected chi connectivity index (χ4v) is 2.45. The van der Waals surface area contributed by atoms with Crippen molar-refractivity contribution in [1.82, 2.24) is 9.78 Å². The maximum Gasteiger partial charge on any atom is 0.244 e. The Hall–Kier alpha value is -1.52. The average molecular weight is 234 g/mol. The quantitative estimate of drug-likeness (QED) is 0.859. The predicted molar refractivity (Wildman–Crippen MR) is 66.2 cm³/mol. The Morgan fingerprint density at radius 3 is 2.88 bits per heavy atom. The van der Waals surface area contributed by atoms with E-state index in [2.05, 4.69) is 22.2 Å². The van der Waals surface area contributed by atoms with Gasteiger partial charge in [0, 0.05) is 13.1 Å². The minimum absolute atomic E-state index is 0.0805. The van der Waals surface area contributed by atoms with E-state index in [1.54, 1.807) is 0 Å². The summed E-state index contributed by atoms with van der Waals surface area (Å²) in [5.41, 5.74) is 1.82. The summed E-state index contributed by atoms with van der Waals surface area (Å²) in [5, 5.41) is 7.43. The molecule has 0 radical (unpaired) electrons. The molecule has 0 saturated heterocycles. The number of hydrogen-bond donors (Lipinski definition) is 1. The van der Waals surface area contributed by atoms with E-state index in [9.17, 15) is 4.79 Å². The predicted octanol–water partition coefficient (Wildman–Crippen LogP) is 1.38. The van der Waals surface area contributed by atoms with Gasteiger partial charge in [0.25, 0.3) is 0 Å². The van der Waals surface area contributed by atoms with Crippen LogP contribution in [0.2, 0.25) is 0 Å². The number of nitrogens with zero attached hydrogens (tertiary/aromatic N) is 3. The molecule has 0 spiro atoms. The summed E-state index contributed by atoms with van der Waals surface area (Å²) < 4.78 is 1.99. The molecule has 5 heteroatoms. The molecule has 0 bridgehead atoms. The zero-order valence-electron chi connectivity index (χ0n) is 10.4. The molecule has 3 rings (SSSR count). The van der Waals surface area contributed by atoms with Gasteiger partial charge in [-0.1, -0.05) is 0 Å². The number of hydrogen-bond acceptors (Lipinski definition) is 3. The van der Waals surface area contributed by atoms with E-state index < -0.39 is 0 Å². The molecule has 0 unspecified atom stereocenters. The molecule has 2 aliphatic rings. The summed E-state index contributed by atoms with van der Waals surface area (Å²) in [6, 6.07) is 0. The number of fused-ring (bicyclic) bond motifs is 1. The average Bonchev–Trinajstić information content (AvgIpc) is 3.04. The lowest BCUT2D eigenvalue weighted by Crippen LogP contribution is -2.40. The second kappa shape index (κ2) is 3.75. The van der Waals surface area contributed by atoms with E-state index in [1.807, 2.05) is 11.6 Å². The van der Waals surface area contributed by atoms with E-state index >= 15 is 0 Å². The molecule has 1 fully saturated rings. The van der Waals surface area contributed by atoms with Crippen molar-refractivity contribution in [3.8, 4) is 0 Å². The van der Waals surface area contributed by atoms with Gasteiger partial charge in [0.1, 0.15) is 5.69 Å². The van der Waals surface area contributed by atoms with E-state index in [0.29, 0.717) is 6.54 Å². The van der Waals surface area contributed by atoms with E-state index in [0.717, 1.165) is 36.2 Å². The molecule has 1 aliphatic heterocycles. The number of nitrogens with one attached hydrogen (secondary N) is 1. The fourth-order valence-electron chi connectivity index (χ4n) is 2.45. The third kappa shape index (κ3) is 1.79. The summed E-state index contributed by atoms with van der Waals surface area (Å²) in [7, 11) is 0. The largest absolute Gasteiger partial charge is 0.345 e. The number of rotatable bonds is 3. The van der Waals surface area contributed by atoms with Crippen molar-refractivity contribution in [2.45, 2.75) is 33.2 Å². The molecular formula is C12H18N4O. The van der Waals surface area contributed by atoms with Gasteiger partial charge >= 0.3 is 0 Å². The molecule has 1 aromatic rings. The first-order chi connectivity index (χ1) is 8.19. The lowest BCUT2D eigenvalue weighted by Gasteiger charge is -2.29. The molecule has 2 heterocycles. The third-order valence-corrected chi connectivity index (χ3v) is 3.47. The molecule has 1 aliphatic carbocycles. The molecule has 92 valence electrons. The zero-order valence-corrected chi connectivity index (χ0v) is 10.4. The normalized spacial score (nSPS) is 19.2. The highest BCUT2D eigenvalue weighted by atomic mass is 16.2. The SMILES string of the molecule is CCn1nc(C)c2c1N(CC1CC1)CC(=O)N2. The van der Waals surface area contributed by atoms with Crippen LogP contribution in [0.1, 0.15) is 25.5 Å². The summed E-state index contributed by atoms with van der Waals surface area (Å²) >= 11 is 0. The Morgan fingerprint density at radius 2 is 2.24 bits per heavy atom. The Balaban J connectivity index is 1.99. The van der Waals surface area contributed by atoms with Crippen LogP contribution < -0.4 is 10.2 Å². The van der Waals surface area contributed by atoms with Crippen LogP contribution in [0.5, 0.6) is 0 Å². The highest BCUT2D eigenvalue weighted by Gasteiger charge is 2.32. The van der Waals surface area contributed by atoms with Crippen molar-refractivity contribution in [2.24, 2.45) is 5.92 Å². The summed E-state index contributed by atoms with van der Waals surface area (Å²) in [6.07, 6.45) is 2.60. The van der Waals surface area contributed by atoms with Gasteiger partial charge < -0.3 is 10.2 Å². The lowest BCUT2D eigenvalue weighted by molar-refractivity contribution is -0.115. The topological polar surface area (TPSA) is 50.2 Å². The van der Waals surface area contributed by atoms with Crippen molar-refractivity contribution in [3.63, 3.8) is 0 Å². The summed E-state index contributed by atoms with van der Waals surface area (Å²) in [5.74, 6) is 1.95. The Bertz CT molecular complexity index is 461. The van der Waals surface area contributed by atoms with Crippen molar-refractivity contribution in [2.75, 3.05) is 23.3 Å². The van der Waals surface area contributed by atoms with Gasteiger partial charge in [-0.15, -0.1) is 0 Å². The summed E-state index contributed by atoms with van der Waals surface area (Å²) in [4.78, 5) is 13.9. The van der Waals surface area contributed by atoms with Crippen LogP contribution in [0.3, 0.4) is 0 Å². The van der Waals surface area contributed by atoms with Crippen molar-refractivity contribution in [1.29, 1.82) is 0 Å². The maximum atomic E-state index is 11.7. The highest BCUT2D eigenvalue weighted by molar-refractivity contribution is 6.01. The van der Waals surface area contributed by atoms with Crippen LogP contribution in [0.4, 0.5) is 11.5 Å². The van der Waals surface area contributed by atoms with E-state index in [1.165, 1.54) is 12.8 Å². The van der Waals surface area contributed by atoms with Gasteiger partial charge in [0.2, 0.25) is 5.91 Å². The van der Waals surface area contributed by atoms with Gasteiger partial charge in [0.15, 0.2) is 5.82 Å². The van der Waals surface area contributed by atoms with Crippen LogP contribution in [-0.2, 0) is 11.3 Å². The van der Waals surface area contributed by atoms with E-state index in [-0.39, 0.29) is 5.91 Å². The first kappa shape index (κ1) is 10.6. The molecule has 1 amide bonds. The maximum absolute atomic E-state index is 11.7. The molecule has 1 aromatic heterocycles. The zero-order chi connectivity index (χ0) is 12.0. The Kier molecular flexibility index (Phi) is 2.34. The van der Waals surface area contributed by atoms with Crippen LogP contribution in [0.15, 0.2) is 0 Å². The standard InChI is InChI=1S/C12H18N4O/c1-3-16-12-11(8(2)14-16)13-10(17)7-15(12)6-9-4-5-9/h9H,3-7H2,1-2H3,(H,13,17). The first-order valence-corrected chi connectivity index (χ1v) is 6.31. The number of aromatic nitrogens is 2. The number of carbonyl (C=O) groups excluding carboxylic acids is 1. The first-order valence-electron chi connectivity index (χ1n) is 6.31. The van der Waals surface area contributed by atoms with Crippen LogP contribution in [-0.4, -0.2) is 28.8 Å². The van der Waals surface area contributed by atoms with Crippen LogP contribution in [0, 0.1) is 12.8 Å². The Labute approximate surface area is 101 Å². The molecule has 0 atom stereocenters. The van der Waals surface area contributed by atoms with Gasteiger partial charge in [-0.05, 0) is 32.6 Å². The van der Waals surface area contributed by atoms with Crippen molar-refractivity contribution >= 4 is 17.4 Å². The molecule has 17 heavy (non-hydrogen) atoms. The number of amides is 1. The van der Waals surface area contributed by atoms with Gasteiger partial charge in [0.05, 0.1) is 12.2 Å². The smallest absolute Gasteiger partial charge is 0.244 e. The van der Waals surface area contributed by atoms with Crippen molar-refractivity contribution in [3.05, 3.63) is 5.69 Å². The van der Waals surface area contributed by atoms with Crippen molar-refractivity contribution < 1.29 is 4.79 Å². The minimum Gasteiger partial charge on any atom is -0.345 e. The molecule has 1 N–H and O–H groups in total. The third-order valence-electron chi connectivity index (χ3n) is 3.47. The van der Waals surface area contributed by atoms with Gasteiger partial charge in [-0.3, -0.25) is 4.79 Å². The highest BCUT2D eigenvalue weighted by Crippen LogP contribution is 2.37. The van der Waals surface area contributed by atoms with Crippen LogP contribution >= 0.6 is 0 Å². The monoisotopic (exact) mass is 234 g/mol. The van der Waals surface area contributed by atoms with Crippen LogP contribution in [0.25, 0.3) is 0 Å². The second-order valence-electron chi connectivity index (χ2n) is 4.97. The van der Waals surface area contributed by atoms with E-state index in [4.69, 9.17) is 0 Å². The molecule has 5 nitrogen and oxygen atoms in total.